The first-order valence-electron chi connectivity index (χ1n) is 11.1. The summed E-state index contributed by atoms with van der Waals surface area (Å²) in [6, 6.07) is 17.3. The molecule has 0 radical (unpaired) electrons. The molecule has 34 heavy (non-hydrogen) atoms. The van der Waals surface area contributed by atoms with Gasteiger partial charge in [-0.25, -0.2) is 4.99 Å². The van der Waals surface area contributed by atoms with Gasteiger partial charge in [-0.15, -0.1) is 0 Å². The molecule has 0 spiro atoms. The minimum Gasteiger partial charge on any atom is -0.862 e. The quantitative estimate of drug-likeness (QED) is 0.259. The maximum atomic E-state index is 12.2. The maximum Gasteiger partial charge on any atom is 0.324 e. The van der Waals surface area contributed by atoms with Crippen LogP contribution in [0.5, 0.6) is 5.75 Å². The molecular formula is C24H27N5O4S. The molecule has 1 fully saturated rings. The van der Waals surface area contributed by atoms with Gasteiger partial charge < -0.3 is 9.84 Å². The molecule has 0 unspecified atom stereocenters. The molecule has 1 saturated heterocycles. The third kappa shape index (κ3) is 6.58. The molecule has 0 saturated carbocycles. The van der Waals surface area contributed by atoms with E-state index < -0.39 is 0 Å². The molecule has 0 bridgehead atoms. The van der Waals surface area contributed by atoms with E-state index >= 15 is 0 Å². The minimum absolute atomic E-state index is 0.0978. The molecule has 1 aliphatic rings. The zero-order valence-electron chi connectivity index (χ0n) is 19.0. The summed E-state index contributed by atoms with van der Waals surface area (Å²) >= 11 is 1.09. The number of benzene rings is 2. The second kappa shape index (κ2) is 11.7. The second-order valence-electron chi connectivity index (χ2n) is 7.80. The predicted octanol–water partition coefficient (Wildman–Crippen LogP) is 1.78. The van der Waals surface area contributed by atoms with E-state index in [1.54, 1.807) is 42.4 Å². The Morgan fingerprint density at radius 1 is 1.15 bits per heavy atom. The number of methoxy groups -OCH3 is 1. The van der Waals surface area contributed by atoms with Crippen molar-refractivity contribution in [1.82, 2.24) is 10.2 Å². The van der Waals surface area contributed by atoms with E-state index in [1.807, 2.05) is 6.07 Å². The Hall–Kier alpha value is -3.37. The van der Waals surface area contributed by atoms with Gasteiger partial charge >= 0.3 is 5.88 Å². The Bertz CT molecular complexity index is 1100. The van der Waals surface area contributed by atoms with Crippen LogP contribution < -0.4 is 19.6 Å². The van der Waals surface area contributed by atoms with Crippen LogP contribution in [0.4, 0.5) is 5.88 Å². The summed E-state index contributed by atoms with van der Waals surface area (Å²) in [4.78, 5) is 20.2. The van der Waals surface area contributed by atoms with E-state index in [-0.39, 0.29) is 23.3 Å². The Morgan fingerprint density at radius 3 is 2.59 bits per heavy atom. The molecular weight excluding hydrogens is 454 g/mol. The van der Waals surface area contributed by atoms with E-state index in [0.29, 0.717) is 17.1 Å². The molecule has 10 heteroatoms. The van der Waals surface area contributed by atoms with Crippen LogP contribution in [0.15, 0.2) is 70.3 Å². The summed E-state index contributed by atoms with van der Waals surface area (Å²) in [5, 5.41) is 18.1. The largest absolute Gasteiger partial charge is 0.862 e. The first kappa shape index (κ1) is 23.8. The Morgan fingerprint density at radius 2 is 1.88 bits per heavy atom. The first-order chi connectivity index (χ1) is 16.6. The summed E-state index contributed by atoms with van der Waals surface area (Å²) in [5.41, 5.74) is 1.86. The predicted molar refractivity (Wildman–Crippen MR) is 128 cm³/mol. The monoisotopic (exact) mass is 481 g/mol. The van der Waals surface area contributed by atoms with Crippen molar-refractivity contribution < 1.29 is 24.0 Å². The topological polar surface area (TPSA) is 98.1 Å². The number of thioether (sulfide) groups is 1. The molecule has 2 aromatic carbocycles. The van der Waals surface area contributed by atoms with Gasteiger partial charge in [0, 0.05) is 31.0 Å². The molecule has 1 aliphatic heterocycles. The highest BCUT2D eigenvalue weighted by molar-refractivity contribution is 8.14. The van der Waals surface area contributed by atoms with Crippen LogP contribution >= 0.6 is 11.8 Å². The fourth-order valence-electron chi connectivity index (χ4n) is 3.57. The number of aliphatic imine (C=N–C) groups is 1. The van der Waals surface area contributed by atoms with Crippen molar-refractivity contribution in [3.8, 4) is 5.75 Å². The normalized spacial score (nSPS) is 14.9. The van der Waals surface area contributed by atoms with Gasteiger partial charge in [-0.05, 0) is 42.1 Å². The van der Waals surface area contributed by atoms with Crippen LogP contribution in [0.25, 0.3) is 0 Å². The summed E-state index contributed by atoms with van der Waals surface area (Å²) < 4.78 is 10.3. The van der Waals surface area contributed by atoms with Gasteiger partial charge in [-0.2, -0.15) is 5.01 Å². The highest BCUT2D eigenvalue weighted by Gasteiger charge is 2.25. The van der Waals surface area contributed by atoms with Crippen molar-refractivity contribution in [3.05, 3.63) is 71.9 Å². The fraction of sp³-hybridized carbons (Fsp3) is 0.333. The van der Waals surface area contributed by atoms with Crippen LogP contribution in [0.3, 0.4) is 0 Å². The number of ether oxygens (including phenoxy) is 1. The van der Waals surface area contributed by atoms with Crippen molar-refractivity contribution in [2.24, 2.45) is 4.99 Å². The van der Waals surface area contributed by atoms with Gasteiger partial charge in [-0.1, -0.05) is 42.1 Å². The van der Waals surface area contributed by atoms with Gasteiger partial charge in [0.1, 0.15) is 5.75 Å². The van der Waals surface area contributed by atoms with Crippen molar-refractivity contribution >= 4 is 28.7 Å². The minimum atomic E-state index is -0.356. The third-order valence-corrected chi connectivity index (χ3v) is 6.35. The molecule has 0 aliphatic carbocycles. The molecule has 2 heterocycles. The summed E-state index contributed by atoms with van der Waals surface area (Å²) in [6.07, 6.45) is 1.74. The van der Waals surface area contributed by atoms with Gasteiger partial charge in [-0.3, -0.25) is 14.2 Å². The molecule has 0 N–H and O–H groups in total. The van der Waals surface area contributed by atoms with Crippen molar-refractivity contribution in [2.75, 3.05) is 44.1 Å². The van der Waals surface area contributed by atoms with Crippen LogP contribution in [0, 0.1) is 0 Å². The number of piperazine rings is 1. The van der Waals surface area contributed by atoms with E-state index in [1.165, 1.54) is 5.56 Å². The lowest BCUT2D eigenvalue weighted by molar-refractivity contribution is -0.759. The van der Waals surface area contributed by atoms with Gasteiger partial charge in [0.2, 0.25) is 10.4 Å². The zero-order chi connectivity index (χ0) is 23.8. The Balaban J connectivity index is 1.22. The lowest BCUT2D eigenvalue weighted by Gasteiger charge is -2.29. The zero-order valence-corrected chi connectivity index (χ0v) is 19.8. The number of carbonyl (C=O) groups excluding carboxylic acids is 1. The number of carbonyl (C=O) groups is 1. The molecule has 9 nitrogen and oxygen atoms in total. The van der Waals surface area contributed by atoms with Crippen LogP contribution in [0.1, 0.15) is 22.3 Å². The lowest BCUT2D eigenvalue weighted by atomic mass is 10.2. The molecule has 1 aromatic heterocycles. The molecule has 4 rings (SSSR count). The van der Waals surface area contributed by atoms with E-state index in [4.69, 9.17) is 9.26 Å². The third-order valence-electron chi connectivity index (χ3n) is 5.44. The summed E-state index contributed by atoms with van der Waals surface area (Å²) in [5.74, 6) is 0.827. The highest BCUT2D eigenvalue weighted by atomic mass is 32.2. The SMILES string of the molecule is COc1ccc(C(=O)SCCC([O-])=Nc2c[n+](N3CCN(Cc4ccccc4)CC3)no2)cc1. The van der Waals surface area contributed by atoms with Crippen LogP contribution in [0.2, 0.25) is 0 Å². The molecule has 0 atom stereocenters. The van der Waals surface area contributed by atoms with E-state index in [0.717, 1.165) is 44.5 Å². The lowest BCUT2D eigenvalue weighted by Crippen LogP contribution is -2.65. The van der Waals surface area contributed by atoms with Gasteiger partial charge in [0.25, 0.3) is 6.20 Å². The van der Waals surface area contributed by atoms with Crippen LogP contribution in [-0.2, 0) is 6.54 Å². The van der Waals surface area contributed by atoms with Crippen molar-refractivity contribution in [2.45, 2.75) is 13.0 Å². The van der Waals surface area contributed by atoms with Crippen molar-refractivity contribution in [1.29, 1.82) is 0 Å². The highest BCUT2D eigenvalue weighted by Crippen LogP contribution is 2.17. The number of rotatable bonds is 9. The summed E-state index contributed by atoms with van der Waals surface area (Å²) in [7, 11) is 1.57. The molecule has 0 amide bonds. The smallest absolute Gasteiger partial charge is 0.324 e. The van der Waals surface area contributed by atoms with E-state index in [9.17, 15) is 9.90 Å². The average Bonchev–Trinajstić information content (AvgIpc) is 3.33. The maximum absolute atomic E-state index is 12.2. The number of hydrogen-bond acceptors (Lipinski definition) is 9. The van der Waals surface area contributed by atoms with E-state index in [2.05, 4.69) is 44.4 Å². The van der Waals surface area contributed by atoms with Gasteiger partial charge in [0.05, 0.1) is 25.0 Å². The number of nitrogens with zero attached hydrogens (tertiary/aromatic N) is 5. The number of aromatic nitrogens is 2. The molecule has 178 valence electrons. The second-order valence-corrected chi connectivity index (χ2v) is 8.86. The average molecular weight is 482 g/mol. The fourth-order valence-corrected chi connectivity index (χ4v) is 4.34. The van der Waals surface area contributed by atoms with Crippen molar-refractivity contribution in [3.63, 3.8) is 0 Å². The van der Waals surface area contributed by atoms with Crippen LogP contribution in [-0.4, -0.2) is 60.2 Å². The Labute approximate surface area is 202 Å². The standard InChI is InChI=1S/C24H27N5O4S/c1-32-21-9-7-20(8-10-21)24(31)34-16-11-22(30)25-23-18-29(26-33-23)28-14-12-27(13-15-28)17-19-5-3-2-4-6-19/h2-10,18H,11-17H2,1H3. The Kier molecular flexibility index (Phi) is 8.16. The van der Waals surface area contributed by atoms with Gasteiger partial charge in [0.15, 0.2) is 0 Å². The molecule has 3 aromatic rings. The number of hydrogen-bond donors (Lipinski definition) is 0. The first-order valence-corrected chi connectivity index (χ1v) is 12.1. The summed E-state index contributed by atoms with van der Waals surface area (Å²) in [6.45, 7) is 4.31.